The van der Waals surface area contributed by atoms with Crippen LogP contribution in [0.4, 0.5) is 0 Å². The monoisotopic (exact) mass is 437 g/mol. The number of nitrogens with zero attached hydrogens (tertiary/aromatic N) is 1. The molecule has 0 spiro atoms. The quantitative estimate of drug-likeness (QED) is 0.608. The van der Waals surface area contributed by atoms with Crippen LogP contribution >= 0.6 is 0 Å². The van der Waals surface area contributed by atoms with Crippen LogP contribution in [0.25, 0.3) is 21.9 Å². The first-order valence-electron chi connectivity index (χ1n) is 11.7. The Kier molecular flexibility index (Phi) is 5.16. The van der Waals surface area contributed by atoms with Crippen LogP contribution < -0.4 is 5.63 Å². The first-order chi connectivity index (χ1) is 15.3. The molecular weight excluding hydrogens is 406 g/mol. The van der Waals surface area contributed by atoms with Crippen LogP contribution in [0.3, 0.4) is 0 Å². The fourth-order valence-electron chi connectivity index (χ4n) is 5.70. The van der Waals surface area contributed by atoms with Crippen LogP contribution in [0, 0.1) is 26.7 Å². The van der Waals surface area contributed by atoms with E-state index in [4.69, 9.17) is 8.83 Å². The molecule has 0 radical (unpaired) electrons. The van der Waals surface area contributed by atoms with Gasteiger partial charge in [-0.05, 0) is 63.6 Å². The summed E-state index contributed by atoms with van der Waals surface area (Å²) in [7, 11) is 0. The smallest absolute Gasteiger partial charge is 0.339 e. The second-order valence-corrected chi connectivity index (χ2v) is 9.76. The van der Waals surface area contributed by atoms with Gasteiger partial charge < -0.3 is 18.8 Å². The molecule has 1 amide bonds. The minimum absolute atomic E-state index is 0.0493. The van der Waals surface area contributed by atoms with Crippen molar-refractivity contribution in [3.05, 3.63) is 45.0 Å². The molecule has 0 bridgehead atoms. The summed E-state index contributed by atoms with van der Waals surface area (Å²) in [4.78, 5) is 27.6. The average molecular weight is 438 g/mol. The lowest BCUT2D eigenvalue weighted by molar-refractivity contribution is -0.143. The number of furan rings is 1. The van der Waals surface area contributed by atoms with Gasteiger partial charge in [-0.2, -0.15) is 0 Å². The molecule has 3 heterocycles. The maximum atomic E-state index is 13.0. The Labute approximate surface area is 187 Å². The van der Waals surface area contributed by atoms with Crippen LogP contribution in [0.5, 0.6) is 0 Å². The van der Waals surface area contributed by atoms with Crippen LogP contribution in [0.2, 0.25) is 0 Å². The molecule has 6 heteroatoms. The summed E-state index contributed by atoms with van der Waals surface area (Å²) < 4.78 is 11.4. The van der Waals surface area contributed by atoms with E-state index >= 15 is 0 Å². The van der Waals surface area contributed by atoms with Gasteiger partial charge in [0.25, 0.3) is 0 Å². The molecule has 1 saturated heterocycles. The molecule has 2 unspecified atom stereocenters. The molecule has 1 aromatic carbocycles. The first kappa shape index (κ1) is 21.3. The van der Waals surface area contributed by atoms with Crippen molar-refractivity contribution >= 4 is 27.8 Å². The molecule has 1 N–H and O–H groups in total. The van der Waals surface area contributed by atoms with Gasteiger partial charge in [0, 0.05) is 47.8 Å². The molecule has 170 valence electrons. The number of aryl methyl sites for hydroxylation is 3. The molecular formula is C26H31NO5. The number of rotatable bonds is 3. The zero-order valence-corrected chi connectivity index (χ0v) is 19.1. The number of benzene rings is 1. The highest BCUT2D eigenvalue weighted by molar-refractivity contribution is 5.96. The van der Waals surface area contributed by atoms with E-state index in [1.165, 1.54) is 0 Å². The molecule has 2 aromatic heterocycles. The van der Waals surface area contributed by atoms with E-state index in [1.54, 1.807) is 6.07 Å². The average Bonchev–Trinajstić information content (AvgIpc) is 3.04. The van der Waals surface area contributed by atoms with Gasteiger partial charge in [-0.25, -0.2) is 4.79 Å². The van der Waals surface area contributed by atoms with E-state index in [0.717, 1.165) is 53.3 Å². The fraction of sp³-hybridized carbons (Fsp3) is 0.538. The number of fused-ring (bicyclic) bond motifs is 3. The van der Waals surface area contributed by atoms with E-state index in [9.17, 15) is 14.7 Å². The van der Waals surface area contributed by atoms with Crippen molar-refractivity contribution in [2.24, 2.45) is 5.92 Å². The zero-order chi connectivity index (χ0) is 22.6. The SMILES string of the molecule is Cc1oc2cc3oc(=O)c(CCC(=O)N4CCC5(O)CCCCC5C4)c(C)c3cc2c1C. The Balaban J connectivity index is 1.37. The lowest BCUT2D eigenvalue weighted by Gasteiger charge is -2.47. The molecule has 32 heavy (non-hydrogen) atoms. The molecule has 2 fully saturated rings. The van der Waals surface area contributed by atoms with Crippen molar-refractivity contribution in [3.63, 3.8) is 0 Å². The third-order valence-corrected chi connectivity index (χ3v) is 7.95. The van der Waals surface area contributed by atoms with Gasteiger partial charge in [0.15, 0.2) is 0 Å². The van der Waals surface area contributed by atoms with E-state index < -0.39 is 5.60 Å². The first-order valence-corrected chi connectivity index (χ1v) is 11.7. The molecule has 6 nitrogen and oxygen atoms in total. The van der Waals surface area contributed by atoms with E-state index in [0.29, 0.717) is 42.7 Å². The highest BCUT2D eigenvalue weighted by atomic mass is 16.4. The highest BCUT2D eigenvalue weighted by Gasteiger charge is 2.43. The number of hydrogen-bond donors (Lipinski definition) is 1. The Morgan fingerprint density at radius 2 is 1.84 bits per heavy atom. The maximum Gasteiger partial charge on any atom is 0.339 e. The van der Waals surface area contributed by atoms with Crippen LogP contribution in [0.15, 0.2) is 25.8 Å². The van der Waals surface area contributed by atoms with Crippen molar-refractivity contribution in [1.29, 1.82) is 0 Å². The summed E-state index contributed by atoms with van der Waals surface area (Å²) in [6.45, 7) is 7.09. The third-order valence-electron chi connectivity index (χ3n) is 7.95. The molecule has 2 aliphatic rings. The molecule has 1 saturated carbocycles. The van der Waals surface area contributed by atoms with Gasteiger partial charge in [-0.3, -0.25) is 4.79 Å². The summed E-state index contributed by atoms with van der Waals surface area (Å²) in [6, 6.07) is 3.81. The lowest BCUT2D eigenvalue weighted by Crippen LogP contribution is -2.54. The summed E-state index contributed by atoms with van der Waals surface area (Å²) in [5, 5.41) is 12.8. The summed E-state index contributed by atoms with van der Waals surface area (Å²) in [5.74, 6) is 1.08. The van der Waals surface area contributed by atoms with Crippen LogP contribution in [-0.2, 0) is 11.2 Å². The maximum absolute atomic E-state index is 13.0. The minimum atomic E-state index is -0.597. The predicted molar refractivity (Wildman–Crippen MR) is 123 cm³/mol. The lowest BCUT2D eigenvalue weighted by atomic mass is 9.71. The fourth-order valence-corrected chi connectivity index (χ4v) is 5.70. The minimum Gasteiger partial charge on any atom is -0.461 e. The number of aliphatic hydroxyl groups is 1. The number of hydrogen-bond acceptors (Lipinski definition) is 5. The van der Waals surface area contributed by atoms with Gasteiger partial charge >= 0.3 is 5.63 Å². The number of carbonyl (C=O) groups is 1. The van der Waals surface area contributed by atoms with Crippen molar-refractivity contribution < 1.29 is 18.7 Å². The molecule has 1 aliphatic carbocycles. The van der Waals surface area contributed by atoms with E-state index in [-0.39, 0.29) is 23.9 Å². The van der Waals surface area contributed by atoms with Crippen molar-refractivity contribution in [1.82, 2.24) is 4.90 Å². The number of piperidine rings is 1. The van der Waals surface area contributed by atoms with Crippen LogP contribution in [-0.4, -0.2) is 34.6 Å². The largest absolute Gasteiger partial charge is 0.461 e. The molecule has 5 rings (SSSR count). The Morgan fingerprint density at radius 3 is 2.66 bits per heavy atom. The van der Waals surface area contributed by atoms with Gasteiger partial charge in [0.1, 0.15) is 16.9 Å². The molecule has 2 atom stereocenters. The van der Waals surface area contributed by atoms with Crippen LogP contribution in [0.1, 0.15) is 61.0 Å². The normalized spacial score (nSPS) is 23.6. The van der Waals surface area contributed by atoms with Gasteiger partial charge in [-0.1, -0.05) is 12.8 Å². The summed E-state index contributed by atoms with van der Waals surface area (Å²) >= 11 is 0. The standard InChI is InChI=1S/C26H31NO5/c1-15-17(3)31-22-13-23-21(12-20(15)22)16(2)19(25(29)32-23)7-8-24(28)27-11-10-26(30)9-5-4-6-18(26)14-27/h12-13,18,30H,4-11,14H2,1-3H3. The third kappa shape index (κ3) is 3.45. The summed E-state index contributed by atoms with van der Waals surface area (Å²) in [5.41, 5.74) is 2.75. The van der Waals surface area contributed by atoms with Gasteiger partial charge in [-0.15, -0.1) is 0 Å². The van der Waals surface area contributed by atoms with Gasteiger partial charge in [0.2, 0.25) is 5.91 Å². The Hall–Kier alpha value is -2.60. The topological polar surface area (TPSA) is 83.9 Å². The second kappa shape index (κ2) is 7.77. The number of carbonyl (C=O) groups excluding carboxylic acids is 1. The van der Waals surface area contributed by atoms with Crippen molar-refractivity contribution in [3.8, 4) is 0 Å². The highest BCUT2D eigenvalue weighted by Crippen LogP contribution is 2.40. The summed E-state index contributed by atoms with van der Waals surface area (Å²) in [6.07, 6.45) is 5.30. The predicted octanol–water partition coefficient (Wildman–Crippen LogP) is 4.55. The van der Waals surface area contributed by atoms with E-state index in [2.05, 4.69) is 0 Å². The molecule has 3 aromatic rings. The van der Waals surface area contributed by atoms with E-state index in [1.807, 2.05) is 31.7 Å². The Bertz CT molecular complexity index is 1270. The zero-order valence-electron chi connectivity index (χ0n) is 19.1. The number of likely N-dealkylation sites (tertiary alicyclic amines) is 1. The van der Waals surface area contributed by atoms with Crippen molar-refractivity contribution in [2.75, 3.05) is 13.1 Å². The Morgan fingerprint density at radius 1 is 1.09 bits per heavy atom. The molecule has 1 aliphatic heterocycles. The van der Waals surface area contributed by atoms with Gasteiger partial charge in [0.05, 0.1) is 5.60 Å². The number of amides is 1. The van der Waals surface area contributed by atoms with Crippen molar-refractivity contribution in [2.45, 2.75) is 71.3 Å². The second-order valence-electron chi connectivity index (χ2n) is 9.76.